The number of anilines is 1. The molecule has 1 aliphatic heterocycles. The molecule has 1 heterocycles. The summed E-state index contributed by atoms with van der Waals surface area (Å²) in [4.78, 5) is 37.2. The van der Waals surface area contributed by atoms with E-state index in [0.717, 1.165) is 22.2 Å². The van der Waals surface area contributed by atoms with Crippen LogP contribution in [-0.4, -0.2) is 28.8 Å². The van der Waals surface area contributed by atoms with Crippen molar-refractivity contribution in [2.45, 2.75) is 13.3 Å². The highest BCUT2D eigenvalue weighted by Crippen LogP contribution is 2.37. The smallest absolute Gasteiger partial charge is 0.306 e. The van der Waals surface area contributed by atoms with E-state index >= 15 is 0 Å². The molecule has 0 aliphatic carbocycles. The SMILES string of the molecule is Cc1cccc(N2C(=O)S/C(=C/c3ccccc3OCCC(=O)O)C2=O)c1. The number of nitrogens with zero attached hydrogens (tertiary/aromatic N) is 1. The topological polar surface area (TPSA) is 83.9 Å². The van der Waals surface area contributed by atoms with Crippen LogP contribution >= 0.6 is 11.8 Å². The Morgan fingerprint density at radius 3 is 2.70 bits per heavy atom. The Morgan fingerprint density at radius 2 is 1.96 bits per heavy atom. The number of benzene rings is 2. The number of rotatable bonds is 6. The van der Waals surface area contributed by atoms with Gasteiger partial charge in [-0.05, 0) is 48.5 Å². The van der Waals surface area contributed by atoms with Crippen molar-refractivity contribution >= 4 is 40.6 Å². The fourth-order valence-corrected chi connectivity index (χ4v) is 3.41. The number of carbonyl (C=O) groups is 3. The third-order valence-electron chi connectivity index (χ3n) is 3.83. The molecular formula is C20H17NO5S. The number of ether oxygens (including phenoxy) is 1. The first-order chi connectivity index (χ1) is 13.0. The Hall–Kier alpha value is -3.06. The van der Waals surface area contributed by atoms with Gasteiger partial charge in [-0.1, -0.05) is 30.3 Å². The van der Waals surface area contributed by atoms with Crippen LogP contribution in [0.25, 0.3) is 6.08 Å². The number of thioether (sulfide) groups is 1. The van der Waals surface area contributed by atoms with E-state index in [1.165, 1.54) is 0 Å². The molecule has 2 aromatic rings. The van der Waals surface area contributed by atoms with Crippen molar-refractivity contribution in [3.8, 4) is 5.75 Å². The van der Waals surface area contributed by atoms with Crippen molar-refractivity contribution in [3.63, 3.8) is 0 Å². The molecule has 6 nitrogen and oxygen atoms in total. The van der Waals surface area contributed by atoms with Crippen molar-refractivity contribution in [3.05, 3.63) is 64.6 Å². The van der Waals surface area contributed by atoms with Crippen LogP contribution in [0, 0.1) is 6.92 Å². The van der Waals surface area contributed by atoms with Crippen molar-refractivity contribution in [1.82, 2.24) is 0 Å². The predicted molar refractivity (Wildman–Crippen MR) is 104 cm³/mol. The van der Waals surface area contributed by atoms with E-state index < -0.39 is 11.9 Å². The molecule has 0 aromatic heterocycles. The number of imide groups is 1. The molecule has 2 amide bonds. The van der Waals surface area contributed by atoms with E-state index in [-0.39, 0.29) is 23.2 Å². The minimum atomic E-state index is -0.952. The van der Waals surface area contributed by atoms with Gasteiger partial charge >= 0.3 is 5.97 Å². The van der Waals surface area contributed by atoms with Gasteiger partial charge in [-0.3, -0.25) is 14.4 Å². The molecule has 7 heteroatoms. The molecule has 0 atom stereocenters. The highest BCUT2D eigenvalue weighted by atomic mass is 32.2. The zero-order valence-corrected chi connectivity index (χ0v) is 15.4. The molecular weight excluding hydrogens is 366 g/mol. The molecule has 0 radical (unpaired) electrons. The van der Waals surface area contributed by atoms with Gasteiger partial charge in [-0.2, -0.15) is 0 Å². The largest absolute Gasteiger partial charge is 0.492 e. The maximum Gasteiger partial charge on any atom is 0.306 e. The third kappa shape index (κ3) is 4.38. The minimum Gasteiger partial charge on any atom is -0.492 e. The maximum absolute atomic E-state index is 12.7. The van der Waals surface area contributed by atoms with Gasteiger partial charge in [0.15, 0.2) is 0 Å². The molecule has 2 aromatic carbocycles. The summed E-state index contributed by atoms with van der Waals surface area (Å²) in [6, 6.07) is 14.2. The van der Waals surface area contributed by atoms with Crippen LogP contribution in [0.15, 0.2) is 53.4 Å². The molecule has 0 spiro atoms. The number of aliphatic carboxylic acids is 1. The second kappa shape index (κ2) is 8.09. The predicted octanol–water partition coefficient (Wildman–Crippen LogP) is 4.09. The maximum atomic E-state index is 12.7. The molecule has 1 aliphatic rings. The Balaban J connectivity index is 1.85. The lowest BCUT2D eigenvalue weighted by atomic mass is 10.1. The van der Waals surface area contributed by atoms with Gasteiger partial charge in [0.25, 0.3) is 11.1 Å². The van der Waals surface area contributed by atoms with Crippen molar-refractivity contribution in [2.75, 3.05) is 11.5 Å². The first kappa shape index (κ1) is 18.7. The van der Waals surface area contributed by atoms with Gasteiger partial charge in [0.2, 0.25) is 0 Å². The highest BCUT2D eigenvalue weighted by Gasteiger charge is 2.36. The number of hydrogen-bond donors (Lipinski definition) is 1. The van der Waals surface area contributed by atoms with Gasteiger partial charge in [0.05, 0.1) is 23.6 Å². The summed E-state index contributed by atoms with van der Waals surface area (Å²) in [5.41, 5.74) is 2.09. The molecule has 0 unspecified atom stereocenters. The van der Waals surface area contributed by atoms with Crippen molar-refractivity contribution in [1.29, 1.82) is 0 Å². The van der Waals surface area contributed by atoms with Crippen LogP contribution in [0.3, 0.4) is 0 Å². The lowest BCUT2D eigenvalue weighted by molar-refractivity contribution is -0.137. The molecule has 0 saturated carbocycles. The second-order valence-corrected chi connectivity index (χ2v) is 6.88. The summed E-state index contributed by atoms with van der Waals surface area (Å²) in [7, 11) is 0. The van der Waals surface area contributed by atoms with Crippen LogP contribution in [0.2, 0.25) is 0 Å². The molecule has 138 valence electrons. The summed E-state index contributed by atoms with van der Waals surface area (Å²) in [6.07, 6.45) is 1.47. The highest BCUT2D eigenvalue weighted by molar-refractivity contribution is 8.19. The van der Waals surface area contributed by atoms with Crippen LogP contribution in [0.1, 0.15) is 17.5 Å². The third-order valence-corrected chi connectivity index (χ3v) is 4.70. The number of amides is 2. The van der Waals surface area contributed by atoms with Crippen LogP contribution in [0.4, 0.5) is 10.5 Å². The van der Waals surface area contributed by atoms with Crippen LogP contribution in [0.5, 0.6) is 5.75 Å². The molecule has 1 saturated heterocycles. The Bertz CT molecular complexity index is 937. The van der Waals surface area contributed by atoms with E-state index in [0.29, 0.717) is 17.0 Å². The van der Waals surface area contributed by atoms with Crippen molar-refractivity contribution < 1.29 is 24.2 Å². The van der Waals surface area contributed by atoms with Gasteiger partial charge in [0.1, 0.15) is 5.75 Å². The van der Waals surface area contributed by atoms with Gasteiger partial charge in [0, 0.05) is 5.56 Å². The van der Waals surface area contributed by atoms with E-state index in [1.807, 2.05) is 13.0 Å². The van der Waals surface area contributed by atoms with Crippen LogP contribution in [-0.2, 0) is 9.59 Å². The lowest BCUT2D eigenvalue weighted by Crippen LogP contribution is -2.27. The van der Waals surface area contributed by atoms with E-state index in [2.05, 4.69) is 0 Å². The minimum absolute atomic E-state index is 0.0188. The fourth-order valence-electron chi connectivity index (χ4n) is 2.58. The summed E-state index contributed by atoms with van der Waals surface area (Å²) in [5.74, 6) is -0.885. The van der Waals surface area contributed by atoms with E-state index in [1.54, 1.807) is 48.5 Å². The summed E-state index contributed by atoms with van der Waals surface area (Å²) in [5, 5.41) is 8.37. The normalized spacial score (nSPS) is 15.4. The Morgan fingerprint density at radius 1 is 1.19 bits per heavy atom. The quantitative estimate of drug-likeness (QED) is 0.757. The zero-order chi connectivity index (χ0) is 19.4. The lowest BCUT2D eigenvalue weighted by Gasteiger charge is -2.13. The first-order valence-corrected chi connectivity index (χ1v) is 9.05. The number of carboxylic acids is 1. The summed E-state index contributed by atoms with van der Waals surface area (Å²) in [6.45, 7) is 1.91. The number of para-hydroxylation sites is 1. The monoisotopic (exact) mass is 383 g/mol. The molecule has 1 N–H and O–H groups in total. The summed E-state index contributed by atoms with van der Waals surface area (Å²) < 4.78 is 5.50. The van der Waals surface area contributed by atoms with Crippen LogP contribution < -0.4 is 9.64 Å². The molecule has 27 heavy (non-hydrogen) atoms. The number of carboxylic acid groups (broad SMARTS) is 1. The second-order valence-electron chi connectivity index (χ2n) is 5.89. The average molecular weight is 383 g/mol. The number of aryl methyl sites for hydroxylation is 1. The fraction of sp³-hybridized carbons (Fsp3) is 0.150. The Kier molecular flexibility index (Phi) is 5.61. The van der Waals surface area contributed by atoms with Crippen molar-refractivity contribution in [2.24, 2.45) is 0 Å². The molecule has 0 bridgehead atoms. The van der Waals surface area contributed by atoms with E-state index in [9.17, 15) is 14.4 Å². The first-order valence-electron chi connectivity index (χ1n) is 8.24. The number of hydrogen-bond acceptors (Lipinski definition) is 5. The van der Waals surface area contributed by atoms with Gasteiger partial charge in [-0.15, -0.1) is 0 Å². The Labute approximate surface area is 160 Å². The van der Waals surface area contributed by atoms with E-state index in [4.69, 9.17) is 9.84 Å². The van der Waals surface area contributed by atoms with Gasteiger partial charge in [-0.25, -0.2) is 4.90 Å². The standard InChI is InChI=1S/C20H17NO5S/c1-13-5-4-7-15(11-13)21-19(24)17(27-20(21)25)12-14-6-2-3-8-16(14)26-10-9-18(22)23/h2-8,11-12H,9-10H2,1H3,(H,22,23)/b17-12+. The molecule has 3 rings (SSSR count). The molecule has 1 fully saturated rings. The van der Waals surface area contributed by atoms with Gasteiger partial charge < -0.3 is 9.84 Å². The summed E-state index contributed by atoms with van der Waals surface area (Å²) >= 11 is 0.864. The number of carbonyl (C=O) groups excluding carboxylic acids is 2. The average Bonchev–Trinajstić information content (AvgIpc) is 2.89. The zero-order valence-electron chi connectivity index (χ0n) is 14.5.